The smallest absolute Gasteiger partial charge is 0.357 e. The van der Waals surface area contributed by atoms with Crippen LogP contribution in [0.4, 0.5) is 0 Å². The quantitative estimate of drug-likeness (QED) is 0.221. The van der Waals surface area contributed by atoms with Gasteiger partial charge in [-0.05, 0) is 48.5 Å². The Bertz CT molecular complexity index is 819. The lowest BCUT2D eigenvalue weighted by Gasteiger charge is -2.10. The molecule has 122 valence electrons. The van der Waals surface area contributed by atoms with E-state index in [1.807, 2.05) is 12.1 Å². The summed E-state index contributed by atoms with van der Waals surface area (Å²) in [6.45, 7) is 0. The van der Waals surface area contributed by atoms with E-state index in [0.29, 0.717) is 10.8 Å². The zero-order valence-electron chi connectivity index (χ0n) is 12.4. The summed E-state index contributed by atoms with van der Waals surface area (Å²) in [5.74, 6) is 9.98. The number of nitrogens with one attached hydrogen (secondary N) is 1. The second-order valence-electron chi connectivity index (χ2n) is 4.58. The maximum atomic E-state index is 10.8. The fraction of sp³-hybridized carbons (Fsp3) is 0. The number of hydrogen-bond acceptors (Lipinski definition) is 5. The van der Waals surface area contributed by atoms with E-state index in [4.69, 9.17) is 33.0 Å². The molecule has 7 heteroatoms. The summed E-state index contributed by atoms with van der Waals surface area (Å²) < 4.78 is 5.29. The Morgan fingerprint density at radius 1 is 1.04 bits per heavy atom. The molecule has 0 aliphatic heterocycles. The van der Waals surface area contributed by atoms with E-state index in [1.165, 1.54) is 0 Å². The molecule has 0 spiro atoms. The minimum absolute atomic E-state index is 0.248. The summed E-state index contributed by atoms with van der Waals surface area (Å²) in [5, 5.41) is 9.47. The van der Waals surface area contributed by atoms with Gasteiger partial charge >= 0.3 is 5.97 Å². The molecule has 0 amide bonds. The zero-order chi connectivity index (χ0) is 17.5. The van der Waals surface area contributed by atoms with Gasteiger partial charge in [0, 0.05) is 16.1 Å². The number of hydrogen-bond donors (Lipinski definition) is 4. The first kappa shape index (κ1) is 17.2. The van der Waals surface area contributed by atoms with Gasteiger partial charge in [-0.2, -0.15) is 0 Å². The van der Waals surface area contributed by atoms with Crippen molar-refractivity contribution in [3.8, 4) is 17.6 Å². The Hall–Kier alpha value is -3.14. The molecule has 2 aromatic rings. The molecule has 0 aromatic heterocycles. The summed E-state index contributed by atoms with van der Waals surface area (Å²) in [5.41, 5.74) is 8.54. The van der Waals surface area contributed by atoms with Crippen LogP contribution in [0.5, 0.6) is 5.75 Å². The second kappa shape index (κ2) is 7.92. The summed E-state index contributed by atoms with van der Waals surface area (Å²) in [7, 11) is 0. The van der Waals surface area contributed by atoms with Crippen LogP contribution in [0.25, 0.3) is 0 Å². The van der Waals surface area contributed by atoms with Gasteiger partial charge in [0.25, 0.3) is 0 Å². The van der Waals surface area contributed by atoms with E-state index < -0.39 is 11.7 Å². The van der Waals surface area contributed by atoms with Crippen molar-refractivity contribution in [3.05, 3.63) is 76.3 Å². The number of ether oxygens (including phenoxy) is 1. The third kappa shape index (κ3) is 4.68. The topological polar surface area (TPSA) is 111 Å². The fourth-order valence-electron chi connectivity index (χ4n) is 1.66. The van der Waals surface area contributed by atoms with Gasteiger partial charge in [0.15, 0.2) is 5.70 Å². The van der Waals surface area contributed by atoms with Crippen molar-refractivity contribution in [2.45, 2.75) is 0 Å². The number of aliphatic carboxylic acids is 1. The maximum absolute atomic E-state index is 10.8. The number of halogens is 1. The van der Waals surface area contributed by atoms with Gasteiger partial charge in [-0.15, -0.1) is 0 Å². The number of rotatable bonds is 4. The van der Waals surface area contributed by atoms with Crippen LogP contribution in [0, 0.1) is 11.8 Å². The van der Waals surface area contributed by atoms with Crippen molar-refractivity contribution in [2.24, 2.45) is 11.6 Å². The van der Waals surface area contributed by atoms with Crippen LogP contribution in [0.15, 0.2) is 60.1 Å². The lowest BCUT2D eigenvalue weighted by molar-refractivity contribution is -0.132. The molecule has 0 saturated heterocycles. The third-order valence-electron chi connectivity index (χ3n) is 2.88. The van der Waals surface area contributed by atoms with Crippen LogP contribution in [0.1, 0.15) is 11.1 Å². The van der Waals surface area contributed by atoms with Gasteiger partial charge in [0.05, 0.1) is 0 Å². The second-order valence-corrected chi connectivity index (χ2v) is 5.01. The molecule has 2 aromatic carbocycles. The predicted octanol–water partition coefficient (Wildman–Crippen LogP) is 1.79. The van der Waals surface area contributed by atoms with E-state index in [-0.39, 0.29) is 5.88 Å². The van der Waals surface area contributed by atoms with E-state index >= 15 is 0 Å². The summed E-state index contributed by atoms with van der Waals surface area (Å²) in [6, 6.07) is 13.9. The standard InChI is InChI=1S/C17H14ClN3O3/c18-13-7-3-11(4-8-13)1-2-12-5-9-14(10-6-12)24-16(21-20)15(19)17(22)23/h3-10,21H,19-20H2,(H,22,23)/b16-15+. The largest absolute Gasteiger partial charge is 0.476 e. The van der Waals surface area contributed by atoms with Crippen molar-refractivity contribution in [1.82, 2.24) is 5.43 Å². The first-order valence-corrected chi connectivity index (χ1v) is 7.12. The molecule has 0 radical (unpaired) electrons. The van der Waals surface area contributed by atoms with Gasteiger partial charge in [-0.1, -0.05) is 23.4 Å². The van der Waals surface area contributed by atoms with Crippen LogP contribution >= 0.6 is 11.6 Å². The van der Waals surface area contributed by atoms with E-state index in [9.17, 15) is 4.79 Å². The highest BCUT2D eigenvalue weighted by atomic mass is 35.5. The van der Waals surface area contributed by atoms with Crippen LogP contribution in [-0.2, 0) is 4.79 Å². The maximum Gasteiger partial charge on any atom is 0.357 e. The fourth-order valence-corrected chi connectivity index (χ4v) is 1.79. The minimum atomic E-state index is -1.34. The van der Waals surface area contributed by atoms with Crippen molar-refractivity contribution in [3.63, 3.8) is 0 Å². The van der Waals surface area contributed by atoms with Crippen molar-refractivity contribution in [2.75, 3.05) is 0 Å². The van der Waals surface area contributed by atoms with Crippen LogP contribution < -0.4 is 21.7 Å². The van der Waals surface area contributed by atoms with Crippen molar-refractivity contribution >= 4 is 17.6 Å². The summed E-state index contributed by atoms with van der Waals surface area (Å²) in [6.07, 6.45) is 0. The van der Waals surface area contributed by atoms with E-state index in [0.717, 1.165) is 11.1 Å². The van der Waals surface area contributed by atoms with Crippen molar-refractivity contribution in [1.29, 1.82) is 0 Å². The van der Waals surface area contributed by atoms with E-state index in [2.05, 4.69) is 17.3 Å². The van der Waals surface area contributed by atoms with Gasteiger partial charge in [-0.25, -0.2) is 10.6 Å². The zero-order valence-corrected chi connectivity index (χ0v) is 13.2. The molecule has 0 atom stereocenters. The first-order chi connectivity index (χ1) is 11.5. The number of benzene rings is 2. The molecule has 24 heavy (non-hydrogen) atoms. The lowest BCUT2D eigenvalue weighted by atomic mass is 10.2. The number of carboxylic acid groups (broad SMARTS) is 1. The molecule has 6 N–H and O–H groups in total. The first-order valence-electron chi connectivity index (χ1n) is 6.75. The molecule has 0 fully saturated rings. The monoisotopic (exact) mass is 343 g/mol. The number of hydrazine groups is 1. The highest BCUT2D eigenvalue weighted by Gasteiger charge is 2.11. The Balaban J connectivity index is 2.12. The van der Waals surface area contributed by atoms with Gasteiger partial charge < -0.3 is 15.6 Å². The molecule has 2 rings (SSSR count). The van der Waals surface area contributed by atoms with Crippen LogP contribution in [0.3, 0.4) is 0 Å². The Morgan fingerprint density at radius 2 is 1.54 bits per heavy atom. The third-order valence-corrected chi connectivity index (χ3v) is 3.13. The van der Waals surface area contributed by atoms with Crippen molar-refractivity contribution < 1.29 is 14.6 Å². The predicted molar refractivity (Wildman–Crippen MR) is 90.7 cm³/mol. The summed E-state index contributed by atoms with van der Waals surface area (Å²) in [4.78, 5) is 10.8. The molecule has 6 nitrogen and oxygen atoms in total. The SMILES string of the molecule is NN/C(Oc1ccc(C#Cc2ccc(Cl)cc2)cc1)=C(\N)C(=O)O. The number of nitrogens with two attached hydrogens (primary N) is 2. The normalized spacial score (nSPS) is 10.9. The average Bonchev–Trinajstić information content (AvgIpc) is 2.59. The Kier molecular flexibility index (Phi) is 5.68. The molecule has 0 aliphatic rings. The van der Waals surface area contributed by atoms with Crippen LogP contribution in [-0.4, -0.2) is 11.1 Å². The Morgan fingerprint density at radius 3 is 2.00 bits per heavy atom. The molecule has 0 aliphatic carbocycles. The molecule has 0 unspecified atom stereocenters. The molecule has 0 bridgehead atoms. The molecule has 0 saturated carbocycles. The minimum Gasteiger partial charge on any atom is -0.476 e. The number of carboxylic acids is 1. The van der Waals surface area contributed by atoms with Crippen LogP contribution in [0.2, 0.25) is 5.02 Å². The van der Waals surface area contributed by atoms with Gasteiger partial charge in [-0.3, -0.25) is 5.43 Å². The molecular formula is C17H14ClN3O3. The molecule has 0 heterocycles. The van der Waals surface area contributed by atoms with Gasteiger partial charge in [0.2, 0.25) is 5.88 Å². The Labute approximate surface area is 143 Å². The highest BCUT2D eigenvalue weighted by molar-refractivity contribution is 6.30. The van der Waals surface area contributed by atoms with E-state index in [1.54, 1.807) is 36.4 Å². The average molecular weight is 344 g/mol. The number of carbonyl (C=O) groups is 1. The van der Waals surface area contributed by atoms with Gasteiger partial charge in [0.1, 0.15) is 5.75 Å². The lowest BCUT2D eigenvalue weighted by Crippen LogP contribution is -2.31. The highest BCUT2D eigenvalue weighted by Crippen LogP contribution is 2.15. The summed E-state index contributed by atoms with van der Waals surface area (Å²) >= 11 is 5.82. The molecular weight excluding hydrogens is 330 g/mol.